The number of carboxylic acids is 1. The SMILES string of the molecule is O=C1Cc2cc(C(=O)N3CSCC3C(=O)O)ccc2N1. The first-order valence-corrected chi connectivity index (χ1v) is 7.26. The van der Waals surface area contributed by atoms with Gasteiger partial charge in [0.1, 0.15) is 6.04 Å². The van der Waals surface area contributed by atoms with Gasteiger partial charge >= 0.3 is 5.97 Å². The summed E-state index contributed by atoms with van der Waals surface area (Å²) >= 11 is 1.43. The van der Waals surface area contributed by atoms with Crippen molar-refractivity contribution in [3.63, 3.8) is 0 Å². The molecule has 3 rings (SSSR count). The first-order chi connectivity index (χ1) is 9.56. The van der Waals surface area contributed by atoms with Gasteiger partial charge in [0.25, 0.3) is 5.91 Å². The zero-order valence-corrected chi connectivity index (χ0v) is 11.3. The molecule has 2 aliphatic rings. The second kappa shape index (κ2) is 4.82. The highest BCUT2D eigenvalue weighted by molar-refractivity contribution is 7.99. The number of thioether (sulfide) groups is 1. The Balaban J connectivity index is 1.86. The zero-order chi connectivity index (χ0) is 14.3. The van der Waals surface area contributed by atoms with Gasteiger partial charge in [0, 0.05) is 17.0 Å². The van der Waals surface area contributed by atoms with Crippen LogP contribution in [0.25, 0.3) is 0 Å². The lowest BCUT2D eigenvalue weighted by Gasteiger charge is -2.20. The van der Waals surface area contributed by atoms with Gasteiger partial charge in [0.05, 0.1) is 12.3 Å². The molecular formula is C13H12N2O4S. The van der Waals surface area contributed by atoms with Crippen LogP contribution < -0.4 is 5.32 Å². The van der Waals surface area contributed by atoms with Gasteiger partial charge in [-0.1, -0.05) is 0 Å². The molecule has 1 atom stereocenters. The van der Waals surface area contributed by atoms with Crippen LogP contribution in [0, 0.1) is 0 Å². The van der Waals surface area contributed by atoms with Gasteiger partial charge in [-0.25, -0.2) is 4.79 Å². The third kappa shape index (κ3) is 2.14. The molecule has 104 valence electrons. The summed E-state index contributed by atoms with van der Waals surface area (Å²) in [6.45, 7) is 0. The molecule has 1 unspecified atom stereocenters. The molecule has 1 aromatic carbocycles. The van der Waals surface area contributed by atoms with Gasteiger partial charge in [-0.2, -0.15) is 0 Å². The zero-order valence-electron chi connectivity index (χ0n) is 10.5. The molecule has 2 heterocycles. The van der Waals surface area contributed by atoms with Crippen LogP contribution in [-0.4, -0.2) is 45.5 Å². The molecular weight excluding hydrogens is 280 g/mol. The van der Waals surface area contributed by atoms with Crippen molar-refractivity contribution in [3.05, 3.63) is 29.3 Å². The summed E-state index contributed by atoms with van der Waals surface area (Å²) < 4.78 is 0. The average Bonchev–Trinajstić information content (AvgIpc) is 3.01. The monoisotopic (exact) mass is 292 g/mol. The van der Waals surface area contributed by atoms with E-state index < -0.39 is 12.0 Å². The molecule has 7 heteroatoms. The molecule has 2 N–H and O–H groups in total. The molecule has 0 saturated carbocycles. The third-order valence-electron chi connectivity index (χ3n) is 3.41. The van der Waals surface area contributed by atoms with E-state index in [-0.39, 0.29) is 18.2 Å². The number of nitrogens with one attached hydrogen (secondary N) is 1. The Morgan fingerprint density at radius 3 is 2.95 bits per heavy atom. The maximum absolute atomic E-state index is 12.4. The van der Waals surface area contributed by atoms with Gasteiger partial charge in [-0.05, 0) is 23.8 Å². The number of anilines is 1. The summed E-state index contributed by atoms with van der Waals surface area (Å²) in [6, 6.07) is 4.19. The minimum absolute atomic E-state index is 0.0928. The lowest BCUT2D eigenvalue weighted by molar-refractivity contribution is -0.140. The summed E-state index contributed by atoms with van der Waals surface area (Å²) in [6.07, 6.45) is 0.258. The van der Waals surface area contributed by atoms with Gasteiger partial charge in [0.15, 0.2) is 0 Å². The fourth-order valence-corrected chi connectivity index (χ4v) is 3.52. The van der Waals surface area contributed by atoms with Gasteiger partial charge in [0.2, 0.25) is 5.91 Å². The molecule has 1 aromatic rings. The van der Waals surface area contributed by atoms with E-state index in [2.05, 4.69) is 5.32 Å². The first-order valence-electron chi connectivity index (χ1n) is 6.10. The van der Waals surface area contributed by atoms with E-state index in [4.69, 9.17) is 5.11 Å². The van der Waals surface area contributed by atoms with Crippen LogP contribution in [0.4, 0.5) is 5.69 Å². The Labute approximate surface area is 119 Å². The summed E-state index contributed by atoms with van der Waals surface area (Å²) in [5.41, 5.74) is 1.92. The van der Waals surface area contributed by atoms with Crippen molar-refractivity contribution in [2.75, 3.05) is 16.9 Å². The minimum atomic E-state index is -0.985. The fraction of sp³-hybridized carbons (Fsp3) is 0.308. The Morgan fingerprint density at radius 2 is 2.20 bits per heavy atom. The van der Waals surface area contributed by atoms with Crippen LogP contribution in [0.15, 0.2) is 18.2 Å². The minimum Gasteiger partial charge on any atom is -0.480 e. The summed E-state index contributed by atoms with van der Waals surface area (Å²) in [7, 11) is 0. The van der Waals surface area contributed by atoms with Crippen molar-refractivity contribution in [1.29, 1.82) is 0 Å². The van der Waals surface area contributed by atoms with Crippen LogP contribution in [0.5, 0.6) is 0 Å². The predicted octanol–water partition coefficient (Wildman–Crippen LogP) is 0.781. The van der Waals surface area contributed by atoms with Crippen molar-refractivity contribution in [1.82, 2.24) is 4.90 Å². The van der Waals surface area contributed by atoms with Gasteiger partial charge in [-0.3, -0.25) is 9.59 Å². The first kappa shape index (κ1) is 13.0. The Hall–Kier alpha value is -2.02. The number of carbonyl (C=O) groups is 3. The molecule has 2 aliphatic heterocycles. The number of amides is 2. The van der Waals surface area contributed by atoms with Crippen molar-refractivity contribution in [3.8, 4) is 0 Å². The number of hydrogen-bond donors (Lipinski definition) is 2. The average molecular weight is 292 g/mol. The number of fused-ring (bicyclic) bond motifs is 1. The number of hydrogen-bond acceptors (Lipinski definition) is 4. The second-order valence-electron chi connectivity index (χ2n) is 4.73. The summed E-state index contributed by atoms with van der Waals surface area (Å²) in [5, 5.41) is 11.8. The molecule has 2 amide bonds. The van der Waals surface area contributed by atoms with Crippen molar-refractivity contribution in [2.24, 2.45) is 0 Å². The maximum Gasteiger partial charge on any atom is 0.327 e. The van der Waals surface area contributed by atoms with Crippen LogP contribution >= 0.6 is 11.8 Å². The van der Waals surface area contributed by atoms with Crippen molar-refractivity contribution < 1.29 is 19.5 Å². The van der Waals surface area contributed by atoms with Crippen LogP contribution in [0.3, 0.4) is 0 Å². The van der Waals surface area contributed by atoms with E-state index in [0.29, 0.717) is 17.2 Å². The molecule has 6 nitrogen and oxygen atoms in total. The highest BCUT2D eigenvalue weighted by Gasteiger charge is 2.35. The second-order valence-corrected chi connectivity index (χ2v) is 5.73. The van der Waals surface area contributed by atoms with E-state index in [1.807, 2.05) is 0 Å². The number of nitrogens with zero attached hydrogens (tertiary/aromatic N) is 1. The molecule has 0 radical (unpaired) electrons. The Kier molecular flexibility index (Phi) is 3.13. The van der Waals surface area contributed by atoms with E-state index in [0.717, 1.165) is 11.3 Å². The fourth-order valence-electron chi connectivity index (χ4n) is 2.38. The van der Waals surface area contributed by atoms with E-state index in [1.165, 1.54) is 16.7 Å². The van der Waals surface area contributed by atoms with Crippen molar-refractivity contribution in [2.45, 2.75) is 12.5 Å². The highest BCUT2D eigenvalue weighted by atomic mass is 32.2. The van der Waals surface area contributed by atoms with Crippen LogP contribution in [0.2, 0.25) is 0 Å². The molecule has 0 bridgehead atoms. The maximum atomic E-state index is 12.4. The number of benzene rings is 1. The van der Waals surface area contributed by atoms with Gasteiger partial charge < -0.3 is 15.3 Å². The molecule has 1 saturated heterocycles. The largest absolute Gasteiger partial charge is 0.480 e. The lowest BCUT2D eigenvalue weighted by Crippen LogP contribution is -2.41. The van der Waals surface area contributed by atoms with E-state index >= 15 is 0 Å². The number of rotatable bonds is 2. The molecule has 20 heavy (non-hydrogen) atoms. The highest BCUT2D eigenvalue weighted by Crippen LogP contribution is 2.27. The molecule has 0 spiro atoms. The lowest BCUT2D eigenvalue weighted by atomic mass is 10.1. The van der Waals surface area contributed by atoms with E-state index in [9.17, 15) is 14.4 Å². The Bertz CT molecular complexity index is 616. The quantitative estimate of drug-likeness (QED) is 0.841. The summed E-state index contributed by atoms with van der Waals surface area (Å²) in [4.78, 5) is 36.2. The normalized spacial score (nSPS) is 20.7. The van der Waals surface area contributed by atoms with Crippen LogP contribution in [0.1, 0.15) is 15.9 Å². The smallest absolute Gasteiger partial charge is 0.327 e. The van der Waals surface area contributed by atoms with Crippen LogP contribution in [-0.2, 0) is 16.0 Å². The Morgan fingerprint density at radius 1 is 1.40 bits per heavy atom. The molecule has 0 aromatic heterocycles. The topological polar surface area (TPSA) is 86.7 Å². The number of carboxylic acid groups (broad SMARTS) is 1. The molecule has 0 aliphatic carbocycles. The predicted molar refractivity (Wildman–Crippen MR) is 73.7 cm³/mol. The van der Waals surface area contributed by atoms with Crippen molar-refractivity contribution >= 4 is 35.2 Å². The standard InChI is InChI=1S/C13H12N2O4S/c16-11-4-8-3-7(1-2-9(8)14-11)12(17)15-6-20-5-10(15)13(18)19/h1-3,10H,4-6H2,(H,14,16)(H,18,19). The number of carbonyl (C=O) groups excluding carboxylic acids is 2. The number of aliphatic carboxylic acids is 1. The van der Waals surface area contributed by atoms with Gasteiger partial charge in [-0.15, -0.1) is 11.8 Å². The molecule has 1 fully saturated rings. The third-order valence-corrected chi connectivity index (χ3v) is 4.42. The summed E-state index contributed by atoms with van der Waals surface area (Å²) in [5.74, 6) is -0.591. The van der Waals surface area contributed by atoms with E-state index in [1.54, 1.807) is 18.2 Å².